The summed E-state index contributed by atoms with van der Waals surface area (Å²) in [5.74, 6) is 1.02. The number of carbonyl (C=O) groups excluding carboxylic acids is 1. The van der Waals surface area contributed by atoms with Crippen molar-refractivity contribution in [3.05, 3.63) is 70.9 Å². The summed E-state index contributed by atoms with van der Waals surface area (Å²) in [5, 5.41) is 16.2. The molecule has 1 aromatic heterocycles. The second-order valence-corrected chi connectivity index (χ2v) is 10.1. The second-order valence-electron chi connectivity index (χ2n) is 9.69. The molecule has 2 aliphatic heterocycles. The molecular formula is C28H33ClN6O3. The first-order valence-corrected chi connectivity index (χ1v) is 13.4. The number of ether oxygens (including phenoxy) is 1. The number of piperidine rings is 1. The highest BCUT2D eigenvalue weighted by Gasteiger charge is 2.25. The van der Waals surface area contributed by atoms with Crippen LogP contribution in [0.2, 0.25) is 5.02 Å². The molecular weight excluding hydrogens is 504 g/mol. The molecule has 3 aromatic rings. The number of hydrogen-bond acceptors (Lipinski definition) is 8. The van der Waals surface area contributed by atoms with Gasteiger partial charge < -0.3 is 25.4 Å². The molecule has 2 aromatic carbocycles. The zero-order valence-corrected chi connectivity index (χ0v) is 22.0. The summed E-state index contributed by atoms with van der Waals surface area (Å²) in [4.78, 5) is 26.4. The number of aromatic nitrogens is 2. The molecule has 0 bridgehead atoms. The molecule has 1 amide bonds. The molecule has 5 rings (SSSR count). The third-order valence-corrected chi connectivity index (χ3v) is 7.31. The van der Waals surface area contributed by atoms with Gasteiger partial charge in [0, 0.05) is 45.0 Å². The van der Waals surface area contributed by atoms with E-state index in [9.17, 15) is 9.90 Å². The van der Waals surface area contributed by atoms with E-state index in [1.165, 1.54) is 11.8 Å². The number of amides is 1. The first kappa shape index (κ1) is 26.4. The van der Waals surface area contributed by atoms with Gasteiger partial charge in [-0.3, -0.25) is 9.69 Å². The van der Waals surface area contributed by atoms with Crippen molar-refractivity contribution < 1.29 is 14.6 Å². The first-order chi connectivity index (χ1) is 18.6. The largest absolute Gasteiger partial charge is 0.396 e. The van der Waals surface area contributed by atoms with Crippen molar-refractivity contribution in [3.63, 3.8) is 0 Å². The number of aliphatic hydroxyl groups is 1. The Morgan fingerprint density at radius 2 is 1.76 bits per heavy atom. The highest BCUT2D eigenvalue weighted by atomic mass is 35.5. The summed E-state index contributed by atoms with van der Waals surface area (Å²) in [6.45, 7) is 5.79. The zero-order valence-electron chi connectivity index (χ0n) is 21.3. The lowest BCUT2D eigenvalue weighted by Gasteiger charge is -2.31. The Hall–Kier alpha value is -3.24. The Balaban J connectivity index is 1.26. The zero-order chi connectivity index (χ0) is 26.3. The van der Waals surface area contributed by atoms with E-state index in [1.54, 1.807) is 6.07 Å². The van der Waals surface area contributed by atoms with Gasteiger partial charge in [-0.05, 0) is 48.6 Å². The lowest BCUT2D eigenvalue weighted by molar-refractivity contribution is 0.0342. The van der Waals surface area contributed by atoms with E-state index in [1.807, 2.05) is 35.2 Å². The Kier molecular flexibility index (Phi) is 8.70. The van der Waals surface area contributed by atoms with Gasteiger partial charge in [0.25, 0.3) is 5.91 Å². The Bertz CT molecular complexity index is 1230. The van der Waals surface area contributed by atoms with Gasteiger partial charge in [0.1, 0.15) is 5.02 Å². The molecule has 0 aliphatic carbocycles. The van der Waals surface area contributed by atoms with Crippen LogP contribution < -0.4 is 10.6 Å². The molecule has 9 nitrogen and oxygen atoms in total. The number of halogens is 1. The van der Waals surface area contributed by atoms with Crippen LogP contribution in [0.3, 0.4) is 0 Å². The second kappa shape index (κ2) is 12.5. The molecule has 2 aliphatic rings. The van der Waals surface area contributed by atoms with Crippen molar-refractivity contribution in [2.75, 3.05) is 56.6 Å². The molecule has 3 N–H and O–H groups in total. The van der Waals surface area contributed by atoms with E-state index in [2.05, 4.69) is 37.6 Å². The van der Waals surface area contributed by atoms with Crippen LogP contribution in [-0.2, 0) is 11.3 Å². The minimum atomic E-state index is -0.0508. The Morgan fingerprint density at radius 3 is 2.50 bits per heavy atom. The Morgan fingerprint density at radius 1 is 1.03 bits per heavy atom. The van der Waals surface area contributed by atoms with Crippen LogP contribution in [0.1, 0.15) is 28.8 Å². The highest BCUT2D eigenvalue weighted by Crippen LogP contribution is 2.28. The van der Waals surface area contributed by atoms with Crippen molar-refractivity contribution in [1.29, 1.82) is 0 Å². The third-order valence-electron chi connectivity index (χ3n) is 7.03. The smallest absolute Gasteiger partial charge is 0.255 e. The molecule has 200 valence electrons. The topological polar surface area (TPSA) is 103 Å². The summed E-state index contributed by atoms with van der Waals surface area (Å²) in [7, 11) is 0. The Labute approximate surface area is 227 Å². The number of morpholine rings is 1. The molecule has 0 atom stereocenters. The van der Waals surface area contributed by atoms with Crippen LogP contribution in [0.25, 0.3) is 0 Å². The standard InChI is InChI=1S/C28H33ClN6O3/c29-24-17-30-28(31-22-7-5-20(6-8-22)18-34-13-15-38-16-14-34)33-26(24)32-25-4-2-1-3-23(25)27(37)35-11-9-21(19-36)10-12-35/h1-8,17,21,36H,9-16,18-19H2,(H2,30,31,32,33). The number of nitrogens with one attached hydrogen (secondary N) is 2. The van der Waals surface area contributed by atoms with Crippen LogP contribution in [0, 0.1) is 5.92 Å². The fourth-order valence-corrected chi connectivity index (χ4v) is 4.89. The normalized spacial score (nSPS) is 16.8. The number of nitrogens with zero attached hydrogens (tertiary/aromatic N) is 4. The fourth-order valence-electron chi connectivity index (χ4n) is 4.75. The maximum Gasteiger partial charge on any atom is 0.255 e. The fraction of sp³-hybridized carbons (Fsp3) is 0.393. The number of rotatable bonds is 8. The lowest BCUT2D eigenvalue weighted by atomic mass is 9.97. The monoisotopic (exact) mass is 536 g/mol. The predicted octanol–water partition coefficient (Wildman–Crippen LogP) is 4.29. The van der Waals surface area contributed by atoms with Crippen LogP contribution in [-0.4, -0.2) is 76.8 Å². The summed E-state index contributed by atoms with van der Waals surface area (Å²) < 4.78 is 5.43. The maximum atomic E-state index is 13.3. The maximum absolute atomic E-state index is 13.3. The summed E-state index contributed by atoms with van der Waals surface area (Å²) in [6, 6.07) is 15.6. The van der Waals surface area contributed by atoms with Crippen LogP contribution in [0.15, 0.2) is 54.7 Å². The van der Waals surface area contributed by atoms with Gasteiger partial charge in [-0.15, -0.1) is 0 Å². The quantitative estimate of drug-likeness (QED) is 0.392. The number of benzene rings is 2. The number of hydrogen-bond donors (Lipinski definition) is 3. The summed E-state index contributed by atoms with van der Waals surface area (Å²) in [5.41, 5.74) is 3.28. The van der Waals surface area contributed by atoms with E-state index < -0.39 is 0 Å². The highest BCUT2D eigenvalue weighted by molar-refractivity contribution is 6.33. The van der Waals surface area contributed by atoms with Crippen molar-refractivity contribution in [2.24, 2.45) is 5.92 Å². The van der Waals surface area contributed by atoms with Crippen LogP contribution >= 0.6 is 11.6 Å². The minimum Gasteiger partial charge on any atom is -0.396 e. The first-order valence-electron chi connectivity index (χ1n) is 13.0. The molecule has 0 radical (unpaired) electrons. The van der Waals surface area contributed by atoms with Gasteiger partial charge in [0.15, 0.2) is 5.82 Å². The molecule has 10 heteroatoms. The summed E-state index contributed by atoms with van der Waals surface area (Å²) >= 11 is 6.43. The molecule has 2 fully saturated rings. The van der Waals surface area contributed by atoms with Gasteiger partial charge in [-0.2, -0.15) is 4.98 Å². The lowest BCUT2D eigenvalue weighted by Crippen LogP contribution is -2.39. The van der Waals surface area contributed by atoms with Crippen molar-refractivity contribution in [1.82, 2.24) is 19.8 Å². The molecule has 0 unspecified atom stereocenters. The summed E-state index contributed by atoms with van der Waals surface area (Å²) in [6.07, 6.45) is 3.15. The van der Waals surface area contributed by atoms with Gasteiger partial charge >= 0.3 is 0 Å². The van der Waals surface area contributed by atoms with Crippen molar-refractivity contribution >= 4 is 40.6 Å². The van der Waals surface area contributed by atoms with Gasteiger partial charge in [-0.1, -0.05) is 35.9 Å². The molecule has 2 saturated heterocycles. The van der Waals surface area contributed by atoms with E-state index in [0.717, 1.165) is 51.4 Å². The SMILES string of the molecule is O=C(c1ccccc1Nc1nc(Nc2ccc(CN3CCOCC3)cc2)ncc1Cl)N1CCC(CO)CC1. The molecule has 3 heterocycles. The number of likely N-dealkylation sites (tertiary alicyclic amines) is 1. The minimum absolute atomic E-state index is 0.0508. The van der Waals surface area contributed by atoms with E-state index in [4.69, 9.17) is 16.3 Å². The van der Waals surface area contributed by atoms with Crippen LogP contribution in [0.4, 0.5) is 23.1 Å². The molecule has 0 saturated carbocycles. The van der Waals surface area contributed by atoms with Crippen LogP contribution in [0.5, 0.6) is 0 Å². The molecule has 0 spiro atoms. The average Bonchev–Trinajstić information content (AvgIpc) is 2.96. The van der Waals surface area contributed by atoms with Crippen molar-refractivity contribution in [3.8, 4) is 0 Å². The van der Waals surface area contributed by atoms with E-state index in [-0.39, 0.29) is 18.4 Å². The van der Waals surface area contributed by atoms with Gasteiger partial charge in [0.05, 0.1) is 30.7 Å². The van der Waals surface area contributed by atoms with Gasteiger partial charge in [0.2, 0.25) is 5.95 Å². The number of aliphatic hydroxyl groups excluding tert-OH is 1. The molecule has 38 heavy (non-hydrogen) atoms. The number of anilines is 4. The predicted molar refractivity (Wildman–Crippen MR) is 148 cm³/mol. The third kappa shape index (κ3) is 6.60. The number of carbonyl (C=O) groups is 1. The average molecular weight is 537 g/mol. The van der Waals surface area contributed by atoms with Crippen molar-refractivity contribution in [2.45, 2.75) is 19.4 Å². The van der Waals surface area contributed by atoms with Gasteiger partial charge in [-0.25, -0.2) is 4.98 Å². The van der Waals surface area contributed by atoms with E-state index in [0.29, 0.717) is 41.1 Å². The number of para-hydroxylation sites is 1. The van der Waals surface area contributed by atoms with E-state index >= 15 is 0 Å².